The number of carbonyl (C=O) groups is 1. The average molecular weight is 273 g/mol. The number of hydrogen-bond acceptors (Lipinski definition) is 4. The second-order valence-corrected chi connectivity index (χ2v) is 5.37. The lowest BCUT2D eigenvalue weighted by atomic mass is 9.81. The van der Waals surface area contributed by atoms with E-state index in [0.717, 1.165) is 38.0 Å². The first kappa shape index (κ1) is 13.1. The Morgan fingerprint density at radius 3 is 2.80 bits per heavy atom. The van der Waals surface area contributed by atoms with E-state index in [2.05, 4.69) is 15.3 Å². The maximum atomic E-state index is 12.3. The van der Waals surface area contributed by atoms with Crippen LogP contribution in [0.5, 0.6) is 0 Å². The fraction of sp³-hybridized carbons (Fsp3) is 0.500. The average Bonchev–Trinajstić information content (AvgIpc) is 2.97. The number of imidazole rings is 1. The molecule has 3 rings (SSSR count). The molecule has 2 heterocycles. The van der Waals surface area contributed by atoms with Gasteiger partial charge in [-0.25, -0.2) is 9.97 Å². The highest BCUT2D eigenvalue weighted by Gasteiger charge is 2.25. The maximum absolute atomic E-state index is 12.3. The number of hydrogen-bond donors (Lipinski definition) is 2. The minimum atomic E-state index is 0.0849. The number of fused-ring (bicyclic) bond motifs is 1. The minimum Gasteiger partial charge on any atom is -0.330 e. The SMILES string of the molecule is NC[C@H]1CC[C@H](C(=O)Nc2ccnc3nccn23)CC1. The van der Waals surface area contributed by atoms with Gasteiger partial charge >= 0.3 is 0 Å². The lowest BCUT2D eigenvalue weighted by Gasteiger charge is -2.26. The summed E-state index contributed by atoms with van der Waals surface area (Å²) in [6, 6.07) is 1.79. The molecule has 106 valence electrons. The quantitative estimate of drug-likeness (QED) is 0.886. The molecule has 2 aromatic rings. The van der Waals surface area contributed by atoms with Crippen molar-refractivity contribution in [3.8, 4) is 0 Å². The molecule has 0 spiro atoms. The summed E-state index contributed by atoms with van der Waals surface area (Å²) in [5.74, 6) is 2.07. The first-order chi connectivity index (χ1) is 9.78. The van der Waals surface area contributed by atoms with E-state index in [9.17, 15) is 4.79 Å². The van der Waals surface area contributed by atoms with Gasteiger partial charge in [0.1, 0.15) is 5.82 Å². The highest BCUT2D eigenvalue weighted by Crippen LogP contribution is 2.29. The Morgan fingerprint density at radius 1 is 1.30 bits per heavy atom. The Bertz CT molecular complexity index is 600. The molecule has 0 bridgehead atoms. The summed E-state index contributed by atoms with van der Waals surface area (Å²) < 4.78 is 1.78. The standard InChI is InChI=1S/C14H19N5O/c15-9-10-1-3-11(4-2-10)13(20)18-12-5-6-16-14-17-7-8-19(12)14/h5-8,10-11H,1-4,9,15H2,(H,18,20)/t10-,11-. The smallest absolute Gasteiger partial charge is 0.235 e. The predicted molar refractivity (Wildman–Crippen MR) is 76.1 cm³/mol. The van der Waals surface area contributed by atoms with E-state index in [-0.39, 0.29) is 11.8 Å². The van der Waals surface area contributed by atoms with Crippen LogP contribution in [0.4, 0.5) is 5.82 Å². The molecule has 20 heavy (non-hydrogen) atoms. The molecule has 3 N–H and O–H groups in total. The fourth-order valence-corrected chi connectivity index (χ4v) is 2.82. The highest BCUT2D eigenvalue weighted by atomic mass is 16.1. The number of carbonyl (C=O) groups excluding carboxylic acids is 1. The lowest BCUT2D eigenvalue weighted by Crippen LogP contribution is -2.29. The van der Waals surface area contributed by atoms with E-state index in [1.54, 1.807) is 29.1 Å². The van der Waals surface area contributed by atoms with Crippen molar-refractivity contribution in [3.05, 3.63) is 24.7 Å². The molecule has 1 amide bonds. The van der Waals surface area contributed by atoms with Gasteiger partial charge in [0.2, 0.25) is 11.7 Å². The molecule has 0 aliphatic heterocycles. The molecular weight excluding hydrogens is 254 g/mol. The zero-order chi connectivity index (χ0) is 13.9. The topological polar surface area (TPSA) is 85.3 Å². The first-order valence-electron chi connectivity index (χ1n) is 7.07. The summed E-state index contributed by atoms with van der Waals surface area (Å²) in [7, 11) is 0. The van der Waals surface area contributed by atoms with Crippen LogP contribution in [0, 0.1) is 11.8 Å². The van der Waals surface area contributed by atoms with Gasteiger partial charge in [-0.1, -0.05) is 0 Å². The van der Waals surface area contributed by atoms with Gasteiger partial charge in [-0.15, -0.1) is 0 Å². The Hall–Kier alpha value is -1.95. The van der Waals surface area contributed by atoms with Crippen molar-refractivity contribution in [1.29, 1.82) is 0 Å². The van der Waals surface area contributed by atoms with Crippen LogP contribution in [0.1, 0.15) is 25.7 Å². The first-order valence-corrected chi connectivity index (χ1v) is 7.07. The highest BCUT2D eigenvalue weighted by molar-refractivity contribution is 5.92. The zero-order valence-electron chi connectivity index (χ0n) is 11.3. The minimum absolute atomic E-state index is 0.0849. The molecule has 0 saturated heterocycles. The van der Waals surface area contributed by atoms with Crippen LogP contribution in [0.25, 0.3) is 5.78 Å². The van der Waals surface area contributed by atoms with E-state index in [0.29, 0.717) is 11.7 Å². The molecule has 0 aromatic carbocycles. The Balaban J connectivity index is 1.69. The van der Waals surface area contributed by atoms with Crippen molar-refractivity contribution in [1.82, 2.24) is 14.4 Å². The van der Waals surface area contributed by atoms with Gasteiger partial charge < -0.3 is 11.1 Å². The molecule has 1 saturated carbocycles. The fourth-order valence-electron chi connectivity index (χ4n) is 2.82. The van der Waals surface area contributed by atoms with Crippen molar-refractivity contribution in [3.63, 3.8) is 0 Å². The van der Waals surface area contributed by atoms with E-state index in [1.165, 1.54) is 0 Å². The summed E-state index contributed by atoms with van der Waals surface area (Å²) in [6.45, 7) is 0.731. The van der Waals surface area contributed by atoms with Crippen LogP contribution in [0.3, 0.4) is 0 Å². The van der Waals surface area contributed by atoms with Gasteiger partial charge in [0.15, 0.2) is 0 Å². The lowest BCUT2D eigenvalue weighted by molar-refractivity contribution is -0.121. The van der Waals surface area contributed by atoms with Gasteiger partial charge in [-0.2, -0.15) is 0 Å². The molecule has 1 fully saturated rings. The van der Waals surface area contributed by atoms with Crippen LogP contribution in [0.15, 0.2) is 24.7 Å². The molecule has 6 nitrogen and oxygen atoms in total. The number of anilines is 1. The van der Waals surface area contributed by atoms with E-state index < -0.39 is 0 Å². The van der Waals surface area contributed by atoms with Crippen LogP contribution >= 0.6 is 0 Å². The third kappa shape index (κ3) is 2.51. The second kappa shape index (κ2) is 5.58. The van der Waals surface area contributed by atoms with E-state index in [1.807, 2.05) is 0 Å². The number of nitrogens with two attached hydrogens (primary N) is 1. The number of amides is 1. The van der Waals surface area contributed by atoms with E-state index >= 15 is 0 Å². The van der Waals surface area contributed by atoms with Crippen molar-refractivity contribution in [2.24, 2.45) is 17.6 Å². The van der Waals surface area contributed by atoms with Crippen LogP contribution in [-0.2, 0) is 4.79 Å². The molecule has 1 aliphatic carbocycles. The summed E-state index contributed by atoms with van der Waals surface area (Å²) in [5.41, 5.74) is 5.68. The van der Waals surface area contributed by atoms with E-state index in [4.69, 9.17) is 5.73 Å². The van der Waals surface area contributed by atoms with Gasteiger partial charge in [-0.05, 0) is 44.2 Å². The normalized spacial score (nSPS) is 22.9. The monoisotopic (exact) mass is 273 g/mol. The van der Waals surface area contributed by atoms with Gasteiger partial charge in [0.25, 0.3) is 0 Å². The van der Waals surface area contributed by atoms with Crippen LogP contribution in [-0.4, -0.2) is 26.8 Å². The van der Waals surface area contributed by atoms with Gasteiger partial charge in [0, 0.05) is 24.5 Å². The summed E-state index contributed by atoms with van der Waals surface area (Å²) in [4.78, 5) is 20.6. The zero-order valence-corrected chi connectivity index (χ0v) is 11.3. The molecule has 2 aromatic heterocycles. The number of aromatic nitrogens is 3. The predicted octanol–water partition coefficient (Wildman–Crippen LogP) is 1.43. The Morgan fingerprint density at radius 2 is 2.05 bits per heavy atom. The van der Waals surface area contributed by atoms with Crippen molar-refractivity contribution in [2.45, 2.75) is 25.7 Å². The Kier molecular flexibility index (Phi) is 3.64. The van der Waals surface area contributed by atoms with Gasteiger partial charge in [-0.3, -0.25) is 9.20 Å². The largest absolute Gasteiger partial charge is 0.330 e. The van der Waals surface area contributed by atoms with Crippen molar-refractivity contribution < 1.29 is 4.79 Å². The summed E-state index contributed by atoms with van der Waals surface area (Å²) in [6.07, 6.45) is 9.06. The number of nitrogens with zero attached hydrogens (tertiary/aromatic N) is 3. The molecule has 0 atom stereocenters. The summed E-state index contributed by atoms with van der Waals surface area (Å²) >= 11 is 0. The van der Waals surface area contributed by atoms with Gasteiger partial charge in [0.05, 0.1) is 0 Å². The molecule has 1 aliphatic rings. The van der Waals surface area contributed by atoms with Crippen LogP contribution < -0.4 is 11.1 Å². The molecule has 6 heteroatoms. The third-order valence-corrected chi connectivity index (χ3v) is 4.11. The summed E-state index contributed by atoms with van der Waals surface area (Å²) in [5, 5.41) is 2.99. The third-order valence-electron chi connectivity index (χ3n) is 4.11. The maximum Gasteiger partial charge on any atom is 0.235 e. The number of rotatable bonds is 3. The van der Waals surface area contributed by atoms with Crippen molar-refractivity contribution >= 4 is 17.5 Å². The molecular formula is C14H19N5O. The second-order valence-electron chi connectivity index (χ2n) is 5.37. The number of nitrogens with one attached hydrogen (secondary N) is 1. The van der Waals surface area contributed by atoms with Crippen LogP contribution in [0.2, 0.25) is 0 Å². The van der Waals surface area contributed by atoms with Crippen molar-refractivity contribution in [2.75, 3.05) is 11.9 Å². The molecule has 0 unspecified atom stereocenters. The Labute approximate surface area is 117 Å². The molecule has 0 radical (unpaired) electrons.